The predicted octanol–water partition coefficient (Wildman–Crippen LogP) is -0.0897. The molecule has 0 radical (unpaired) electrons. The minimum absolute atomic E-state index is 0.0508. The van der Waals surface area contributed by atoms with Crippen LogP contribution in [0.1, 0.15) is 29.7 Å². The molecule has 24 heavy (non-hydrogen) atoms. The number of H-pyrrole nitrogens is 1. The Morgan fingerprint density at radius 3 is 2.75 bits per heavy atom. The zero-order valence-electron chi connectivity index (χ0n) is 14.3. The Labute approximate surface area is 139 Å². The van der Waals surface area contributed by atoms with Crippen molar-refractivity contribution in [3.63, 3.8) is 0 Å². The van der Waals surface area contributed by atoms with Crippen LogP contribution in [0.2, 0.25) is 0 Å². The summed E-state index contributed by atoms with van der Waals surface area (Å²) in [6.07, 6.45) is 2.02. The third-order valence-electron chi connectivity index (χ3n) is 4.55. The fraction of sp³-hybridized carbons (Fsp3) is 0.600. The Balaban J connectivity index is 1.84. The van der Waals surface area contributed by atoms with Crippen molar-refractivity contribution < 1.29 is 9.53 Å². The van der Waals surface area contributed by atoms with Crippen LogP contribution in [0.4, 0.5) is 0 Å². The van der Waals surface area contributed by atoms with E-state index in [1.165, 1.54) is 10.9 Å². The highest BCUT2D eigenvalue weighted by molar-refractivity contribution is 5.76. The van der Waals surface area contributed by atoms with E-state index in [1.807, 2.05) is 13.8 Å². The molecule has 0 bridgehead atoms. The second kappa shape index (κ2) is 6.23. The Morgan fingerprint density at radius 2 is 2.21 bits per heavy atom. The van der Waals surface area contributed by atoms with E-state index in [2.05, 4.69) is 15.1 Å². The molecule has 0 saturated carbocycles. The number of rotatable bonds is 4. The van der Waals surface area contributed by atoms with Crippen molar-refractivity contribution in [2.75, 3.05) is 13.7 Å². The topological polar surface area (TPSA) is 98.0 Å². The first-order chi connectivity index (χ1) is 11.4. The van der Waals surface area contributed by atoms with Crippen LogP contribution in [0.5, 0.6) is 0 Å². The van der Waals surface area contributed by atoms with E-state index in [4.69, 9.17) is 4.74 Å². The van der Waals surface area contributed by atoms with Gasteiger partial charge in [-0.2, -0.15) is 5.10 Å². The summed E-state index contributed by atoms with van der Waals surface area (Å²) in [4.78, 5) is 34.1. The number of amides is 1. The maximum atomic E-state index is 12.7. The highest BCUT2D eigenvalue weighted by Crippen LogP contribution is 2.32. The zero-order valence-corrected chi connectivity index (χ0v) is 14.3. The number of likely N-dealkylation sites (tertiary alicyclic amines) is 1. The summed E-state index contributed by atoms with van der Waals surface area (Å²) >= 11 is 0. The Hall–Kier alpha value is -2.42. The molecular formula is C15H22N6O3. The standard InChI is InChI=1S/C15H22N6O3/c1-9-10(2)18-14(17-9)12-5-11(24-4)6-20(12)13(22)7-21-15(23)19(3)8-16-21/h8,11-12H,5-7H2,1-4H3,(H,17,18)/t11-,12+/m1/s1. The maximum Gasteiger partial charge on any atom is 0.345 e. The number of aromatic nitrogens is 5. The molecule has 2 aromatic rings. The number of carbonyl (C=O) groups excluding carboxylic acids is 1. The van der Waals surface area contributed by atoms with Gasteiger partial charge in [0.2, 0.25) is 5.91 Å². The molecule has 1 saturated heterocycles. The molecule has 2 aromatic heterocycles. The normalized spacial score (nSPS) is 20.8. The Kier molecular flexibility index (Phi) is 4.27. The Morgan fingerprint density at radius 1 is 1.46 bits per heavy atom. The molecule has 1 aliphatic rings. The fourth-order valence-electron chi connectivity index (χ4n) is 2.98. The molecule has 1 N–H and O–H groups in total. The van der Waals surface area contributed by atoms with Gasteiger partial charge in [0, 0.05) is 32.8 Å². The molecule has 3 rings (SSSR count). The van der Waals surface area contributed by atoms with Crippen LogP contribution in [-0.4, -0.2) is 54.9 Å². The van der Waals surface area contributed by atoms with Crippen molar-refractivity contribution in [3.05, 3.63) is 34.0 Å². The maximum absolute atomic E-state index is 12.7. The highest BCUT2D eigenvalue weighted by Gasteiger charge is 2.38. The number of carbonyl (C=O) groups is 1. The van der Waals surface area contributed by atoms with Crippen molar-refractivity contribution in [1.82, 2.24) is 29.2 Å². The average molecular weight is 334 g/mol. The summed E-state index contributed by atoms with van der Waals surface area (Å²) in [5, 5.41) is 3.95. The molecule has 0 unspecified atom stereocenters. The van der Waals surface area contributed by atoms with Gasteiger partial charge in [-0.3, -0.25) is 9.36 Å². The van der Waals surface area contributed by atoms with Crippen LogP contribution >= 0.6 is 0 Å². The SMILES string of the molecule is CO[C@@H]1C[C@@H](c2nc(C)c(C)[nH]2)N(C(=O)Cn2ncn(C)c2=O)C1. The van der Waals surface area contributed by atoms with Gasteiger partial charge in [-0.25, -0.2) is 14.5 Å². The lowest BCUT2D eigenvalue weighted by molar-refractivity contribution is -0.133. The molecule has 0 spiro atoms. The van der Waals surface area contributed by atoms with Gasteiger partial charge in [0.25, 0.3) is 0 Å². The zero-order chi connectivity index (χ0) is 17.4. The first-order valence-corrected chi connectivity index (χ1v) is 7.84. The smallest absolute Gasteiger partial charge is 0.345 e. The largest absolute Gasteiger partial charge is 0.380 e. The van der Waals surface area contributed by atoms with Gasteiger partial charge in [0.05, 0.1) is 17.8 Å². The number of nitrogens with one attached hydrogen (secondary N) is 1. The second-order valence-electron chi connectivity index (χ2n) is 6.17. The van der Waals surface area contributed by atoms with Crippen LogP contribution in [0.25, 0.3) is 0 Å². The third kappa shape index (κ3) is 2.86. The quantitative estimate of drug-likeness (QED) is 0.843. The number of imidazole rings is 1. The van der Waals surface area contributed by atoms with Crippen molar-refractivity contribution >= 4 is 5.91 Å². The molecule has 9 nitrogen and oxygen atoms in total. The number of ether oxygens (including phenoxy) is 1. The number of aromatic amines is 1. The molecule has 3 heterocycles. The predicted molar refractivity (Wildman–Crippen MR) is 85.4 cm³/mol. The van der Waals surface area contributed by atoms with E-state index in [-0.39, 0.29) is 30.3 Å². The van der Waals surface area contributed by atoms with Crippen molar-refractivity contribution in [2.24, 2.45) is 7.05 Å². The van der Waals surface area contributed by atoms with Crippen LogP contribution in [-0.2, 0) is 23.1 Å². The lowest BCUT2D eigenvalue weighted by Gasteiger charge is -2.22. The third-order valence-corrected chi connectivity index (χ3v) is 4.55. The summed E-state index contributed by atoms with van der Waals surface area (Å²) in [6, 6.07) is -0.186. The summed E-state index contributed by atoms with van der Waals surface area (Å²) in [6.45, 7) is 4.26. The van der Waals surface area contributed by atoms with Gasteiger partial charge in [-0.1, -0.05) is 0 Å². The molecule has 130 valence electrons. The molecule has 2 atom stereocenters. The van der Waals surface area contributed by atoms with Crippen molar-refractivity contribution in [2.45, 2.75) is 39.0 Å². The molecule has 0 aliphatic carbocycles. The van der Waals surface area contributed by atoms with Gasteiger partial charge in [0.15, 0.2) is 0 Å². The van der Waals surface area contributed by atoms with E-state index in [0.29, 0.717) is 13.0 Å². The summed E-state index contributed by atoms with van der Waals surface area (Å²) in [5.74, 6) is 0.582. The van der Waals surface area contributed by atoms with E-state index in [0.717, 1.165) is 21.9 Å². The number of nitrogens with zero attached hydrogens (tertiary/aromatic N) is 5. The molecule has 0 aromatic carbocycles. The van der Waals surface area contributed by atoms with Crippen molar-refractivity contribution in [1.29, 1.82) is 0 Å². The van der Waals surface area contributed by atoms with Crippen LogP contribution in [0.3, 0.4) is 0 Å². The minimum atomic E-state index is -0.313. The first kappa shape index (κ1) is 16.4. The van der Waals surface area contributed by atoms with Crippen LogP contribution in [0.15, 0.2) is 11.1 Å². The highest BCUT2D eigenvalue weighted by atomic mass is 16.5. The second-order valence-corrected chi connectivity index (χ2v) is 6.17. The van der Waals surface area contributed by atoms with Gasteiger partial charge in [-0.05, 0) is 13.8 Å². The summed E-state index contributed by atoms with van der Waals surface area (Å²) < 4.78 is 7.94. The van der Waals surface area contributed by atoms with E-state index >= 15 is 0 Å². The average Bonchev–Trinajstić information content (AvgIpc) is 3.21. The lowest BCUT2D eigenvalue weighted by atomic mass is 10.2. The lowest BCUT2D eigenvalue weighted by Crippen LogP contribution is -2.37. The monoisotopic (exact) mass is 334 g/mol. The van der Waals surface area contributed by atoms with Crippen LogP contribution in [0, 0.1) is 13.8 Å². The Bertz CT molecular complexity index is 785. The first-order valence-electron chi connectivity index (χ1n) is 7.84. The molecule has 1 amide bonds. The van der Waals surface area contributed by atoms with Gasteiger partial charge < -0.3 is 14.6 Å². The van der Waals surface area contributed by atoms with E-state index < -0.39 is 0 Å². The van der Waals surface area contributed by atoms with Crippen LogP contribution < -0.4 is 5.69 Å². The summed E-state index contributed by atoms with van der Waals surface area (Å²) in [7, 11) is 3.24. The number of hydrogen-bond acceptors (Lipinski definition) is 5. The molecule has 1 fully saturated rings. The molecule has 1 aliphatic heterocycles. The number of hydrogen-bond donors (Lipinski definition) is 1. The van der Waals surface area contributed by atoms with E-state index in [1.54, 1.807) is 19.1 Å². The minimum Gasteiger partial charge on any atom is -0.380 e. The van der Waals surface area contributed by atoms with Gasteiger partial charge >= 0.3 is 5.69 Å². The number of aryl methyl sites for hydroxylation is 3. The van der Waals surface area contributed by atoms with Crippen molar-refractivity contribution in [3.8, 4) is 0 Å². The molecular weight excluding hydrogens is 312 g/mol. The number of methoxy groups -OCH3 is 1. The molecule has 9 heteroatoms. The van der Waals surface area contributed by atoms with Gasteiger partial charge in [-0.15, -0.1) is 0 Å². The summed E-state index contributed by atoms with van der Waals surface area (Å²) in [5.41, 5.74) is 1.59. The van der Waals surface area contributed by atoms with Gasteiger partial charge in [0.1, 0.15) is 18.7 Å². The fourth-order valence-corrected chi connectivity index (χ4v) is 2.98. The van der Waals surface area contributed by atoms with E-state index in [9.17, 15) is 9.59 Å².